The third-order valence-electron chi connectivity index (χ3n) is 3.10. The van der Waals surface area contributed by atoms with Gasteiger partial charge < -0.3 is 5.48 Å². The number of rotatable bonds is 0. The van der Waals surface area contributed by atoms with E-state index in [0.29, 0.717) is 0 Å². The molecule has 3 rings (SSSR count). The first-order valence-corrected chi connectivity index (χ1v) is 7.64. The van der Waals surface area contributed by atoms with E-state index in [-0.39, 0.29) is 5.48 Å². The number of aryl methyl sites for hydroxylation is 4. The van der Waals surface area contributed by atoms with Crippen LogP contribution in [0.4, 0.5) is 0 Å². The zero-order chi connectivity index (χ0) is 16.2. The Kier molecular flexibility index (Phi) is 10.9. The summed E-state index contributed by atoms with van der Waals surface area (Å²) in [7, 11) is 0. The maximum Gasteiger partial charge on any atom is -0.0398 e. The van der Waals surface area contributed by atoms with Crippen molar-refractivity contribution in [2.24, 2.45) is 0 Å². The van der Waals surface area contributed by atoms with Crippen LogP contribution in [0.1, 0.15) is 22.3 Å². The molecule has 0 unspecified atom stereocenters. The number of benzene rings is 3. The molecule has 3 aromatic rings. The molecule has 0 fully saturated rings. The normalized spacial score (nSPS) is 8.52. The highest BCUT2D eigenvalue weighted by Crippen LogP contribution is 2.00. The molecule has 1 heteroatoms. The average molecular weight is 308 g/mol. The van der Waals surface area contributed by atoms with Crippen molar-refractivity contribution in [3.05, 3.63) is 107 Å². The van der Waals surface area contributed by atoms with Gasteiger partial charge in [0.15, 0.2) is 0 Å². The van der Waals surface area contributed by atoms with E-state index in [2.05, 4.69) is 76.2 Å². The van der Waals surface area contributed by atoms with E-state index >= 15 is 0 Å². The smallest absolute Gasteiger partial charge is 0.0398 e. The van der Waals surface area contributed by atoms with Crippen LogP contribution in [0, 0.1) is 27.7 Å². The molecule has 0 heterocycles. The van der Waals surface area contributed by atoms with Gasteiger partial charge in [0.1, 0.15) is 0 Å². The predicted molar refractivity (Wildman–Crippen MR) is 102 cm³/mol. The van der Waals surface area contributed by atoms with Crippen LogP contribution < -0.4 is 0 Å². The monoisotopic (exact) mass is 308 g/mol. The van der Waals surface area contributed by atoms with Crippen molar-refractivity contribution in [3.8, 4) is 0 Å². The van der Waals surface area contributed by atoms with Gasteiger partial charge >= 0.3 is 0 Å². The summed E-state index contributed by atoms with van der Waals surface area (Å²) in [6.07, 6.45) is 0. The number of hydrogen-bond acceptors (Lipinski definition) is 0. The lowest BCUT2D eigenvalue weighted by Gasteiger charge is -1.90. The largest absolute Gasteiger partial charge is 0.412 e. The second-order valence-corrected chi connectivity index (χ2v) is 5.46. The van der Waals surface area contributed by atoms with Gasteiger partial charge in [-0.2, -0.15) is 0 Å². The quantitative estimate of drug-likeness (QED) is 0.527. The molecule has 0 atom stereocenters. The second-order valence-electron chi connectivity index (χ2n) is 5.46. The molecule has 0 bridgehead atoms. The molecular weight excluding hydrogens is 280 g/mol. The minimum atomic E-state index is 0. The van der Waals surface area contributed by atoms with Crippen LogP contribution in [0.15, 0.2) is 84.9 Å². The molecule has 0 aromatic heterocycles. The molecule has 2 N–H and O–H groups in total. The fourth-order valence-corrected chi connectivity index (χ4v) is 1.66. The Hall–Kier alpha value is -2.38. The standard InChI is InChI=1S/2C8H10.C6H6.H2O/c2*1-7-3-5-8(2)6-4-7;1-2-4-6-5-3-1;/h2*3-6H,1-2H3;1-6H;1H2. The third kappa shape index (κ3) is 10.9. The van der Waals surface area contributed by atoms with Crippen molar-refractivity contribution in [1.82, 2.24) is 0 Å². The Labute approximate surface area is 140 Å². The molecule has 0 radical (unpaired) electrons. The lowest BCUT2D eigenvalue weighted by Crippen LogP contribution is -1.70. The van der Waals surface area contributed by atoms with Gasteiger partial charge in [0, 0.05) is 0 Å². The van der Waals surface area contributed by atoms with Gasteiger partial charge in [0.05, 0.1) is 0 Å². The molecule has 0 aliphatic rings. The van der Waals surface area contributed by atoms with Gasteiger partial charge in [-0.25, -0.2) is 0 Å². The fourth-order valence-electron chi connectivity index (χ4n) is 1.66. The van der Waals surface area contributed by atoms with Crippen LogP contribution in [0.5, 0.6) is 0 Å². The molecular formula is C22H28O. The summed E-state index contributed by atoms with van der Waals surface area (Å²) in [6, 6.07) is 29.0. The van der Waals surface area contributed by atoms with Gasteiger partial charge in [-0.1, -0.05) is 107 Å². The van der Waals surface area contributed by atoms with Crippen molar-refractivity contribution >= 4 is 0 Å². The first-order chi connectivity index (χ1) is 10.6. The highest BCUT2D eigenvalue weighted by atomic mass is 16.0. The average Bonchev–Trinajstić information content (AvgIpc) is 2.56. The van der Waals surface area contributed by atoms with Gasteiger partial charge in [-0.05, 0) is 27.7 Å². The van der Waals surface area contributed by atoms with Gasteiger partial charge in [0.2, 0.25) is 0 Å². The minimum absolute atomic E-state index is 0. The zero-order valence-electron chi connectivity index (χ0n) is 14.6. The summed E-state index contributed by atoms with van der Waals surface area (Å²) in [6.45, 7) is 8.39. The number of hydrogen-bond donors (Lipinski definition) is 0. The summed E-state index contributed by atoms with van der Waals surface area (Å²) in [4.78, 5) is 0. The van der Waals surface area contributed by atoms with Gasteiger partial charge in [-0.15, -0.1) is 0 Å². The SMILES string of the molecule is Cc1ccc(C)cc1.Cc1ccc(C)cc1.O.c1ccccc1. The maximum absolute atomic E-state index is 2.12. The van der Waals surface area contributed by atoms with Gasteiger partial charge in [0.25, 0.3) is 0 Å². The summed E-state index contributed by atoms with van der Waals surface area (Å²) in [5.74, 6) is 0. The van der Waals surface area contributed by atoms with E-state index in [4.69, 9.17) is 0 Å². The lowest BCUT2D eigenvalue weighted by atomic mass is 10.2. The second kappa shape index (κ2) is 12.2. The summed E-state index contributed by atoms with van der Waals surface area (Å²) >= 11 is 0. The van der Waals surface area contributed by atoms with Crippen LogP contribution in [0.3, 0.4) is 0 Å². The van der Waals surface area contributed by atoms with Crippen LogP contribution >= 0.6 is 0 Å². The van der Waals surface area contributed by atoms with E-state index in [1.807, 2.05) is 36.4 Å². The predicted octanol–water partition coefficient (Wildman–Crippen LogP) is 5.47. The van der Waals surface area contributed by atoms with E-state index in [1.165, 1.54) is 22.3 Å². The van der Waals surface area contributed by atoms with Crippen molar-refractivity contribution < 1.29 is 5.48 Å². The molecule has 0 spiro atoms. The van der Waals surface area contributed by atoms with Crippen LogP contribution in [-0.4, -0.2) is 5.48 Å². The van der Waals surface area contributed by atoms with E-state index in [9.17, 15) is 0 Å². The minimum Gasteiger partial charge on any atom is -0.412 e. The molecule has 3 aromatic carbocycles. The molecule has 0 aliphatic heterocycles. The maximum atomic E-state index is 2.12. The molecule has 122 valence electrons. The van der Waals surface area contributed by atoms with Crippen molar-refractivity contribution in [1.29, 1.82) is 0 Å². The molecule has 0 aliphatic carbocycles. The van der Waals surface area contributed by atoms with Crippen molar-refractivity contribution in [3.63, 3.8) is 0 Å². The van der Waals surface area contributed by atoms with Crippen molar-refractivity contribution in [2.45, 2.75) is 27.7 Å². The summed E-state index contributed by atoms with van der Waals surface area (Å²) in [5.41, 5.74) is 5.32. The zero-order valence-corrected chi connectivity index (χ0v) is 14.6. The summed E-state index contributed by atoms with van der Waals surface area (Å²) < 4.78 is 0. The molecule has 0 amide bonds. The van der Waals surface area contributed by atoms with Crippen LogP contribution in [-0.2, 0) is 0 Å². The van der Waals surface area contributed by atoms with Crippen LogP contribution in [0.25, 0.3) is 0 Å². The summed E-state index contributed by atoms with van der Waals surface area (Å²) in [5, 5.41) is 0. The lowest BCUT2D eigenvalue weighted by molar-refractivity contribution is 0.824. The Morgan fingerprint density at radius 1 is 0.348 bits per heavy atom. The van der Waals surface area contributed by atoms with E-state index < -0.39 is 0 Å². The third-order valence-corrected chi connectivity index (χ3v) is 3.10. The molecule has 1 nitrogen and oxygen atoms in total. The first-order valence-electron chi connectivity index (χ1n) is 7.64. The van der Waals surface area contributed by atoms with Crippen LogP contribution in [0.2, 0.25) is 0 Å². The topological polar surface area (TPSA) is 31.5 Å². The fraction of sp³-hybridized carbons (Fsp3) is 0.182. The van der Waals surface area contributed by atoms with Crippen molar-refractivity contribution in [2.75, 3.05) is 0 Å². The molecule has 23 heavy (non-hydrogen) atoms. The van der Waals surface area contributed by atoms with Gasteiger partial charge in [-0.3, -0.25) is 0 Å². The van der Waals surface area contributed by atoms with E-state index in [0.717, 1.165) is 0 Å². The Morgan fingerprint density at radius 2 is 0.478 bits per heavy atom. The molecule has 0 saturated heterocycles. The highest BCUT2D eigenvalue weighted by Gasteiger charge is 1.80. The van der Waals surface area contributed by atoms with E-state index in [1.54, 1.807) is 0 Å². The Balaban J connectivity index is 0.000000312. The molecule has 0 saturated carbocycles. The Bertz CT molecular complexity index is 498. The highest BCUT2D eigenvalue weighted by molar-refractivity contribution is 5.20. The Morgan fingerprint density at radius 3 is 0.609 bits per heavy atom. The first kappa shape index (κ1) is 20.6.